The van der Waals surface area contributed by atoms with Gasteiger partial charge in [0.25, 0.3) is 0 Å². The van der Waals surface area contributed by atoms with Crippen molar-refractivity contribution >= 4 is 5.97 Å². The van der Waals surface area contributed by atoms with Gasteiger partial charge in [-0.15, -0.1) is 0 Å². The van der Waals surface area contributed by atoms with Crippen molar-refractivity contribution in [3.8, 4) is 0 Å². The molecule has 1 aliphatic rings. The molecule has 0 saturated heterocycles. The highest BCUT2D eigenvalue weighted by Gasteiger charge is 2.36. The van der Waals surface area contributed by atoms with Gasteiger partial charge in [-0.1, -0.05) is 27.2 Å². The van der Waals surface area contributed by atoms with Crippen molar-refractivity contribution in [1.82, 2.24) is 5.32 Å². The Balaban J connectivity index is 2.71. The summed E-state index contributed by atoms with van der Waals surface area (Å²) in [4.78, 5) is 11.1. The van der Waals surface area contributed by atoms with Gasteiger partial charge in [-0.3, -0.25) is 4.79 Å². The molecule has 1 rings (SSSR count). The maximum absolute atomic E-state index is 11.1. The average Bonchev–Trinajstić information content (AvgIpc) is 2.35. The summed E-state index contributed by atoms with van der Waals surface area (Å²) in [7, 11) is 0. The Bertz CT molecular complexity index is 263. The van der Waals surface area contributed by atoms with Crippen LogP contribution in [0.1, 0.15) is 65.7 Å². The fraction of sp³-hybridized carbons (Fsp3) is 0.929. The van der Waals surface area contributed by atoms with Crippen LogP contribution in [0.2, 0.25) is 0 Å². The summed E-state index contributed by atoms with van der Waals surface area (Å²) in [6.07, 6.45) is 6.79. The maximum atomic E-state index is 11.1. The van der Waals surface area contributed by atoms with E-state index in [2.05, 4.69) is 26.1 Å². The summed E-state index contributed by atoms with van der Waals surface area (Å²) in [5, 5.41) is 12.6. The molecule has 2 N–H and O–H groups in total. The van der Waals surface area contributed by atoms with Crippen molar-refractivity contribution in [2.45, 2.75) is 71.3 Å². The van der Waals surface area contributed by atoms with E-state index in [0.717, 1.165) is 38.6 Å². The minimum Gasteiger partial charge on any atom is -0.481 e. The van der Waals surface area contributed by atoms with Gasteiger partial charge in [0, 0.05) is 5.54 Å². The van der Waals surface area contributed by atoms with E-state index in [0.29, 0.717) is 5.41 Å². The first-order chi connectivity index (χ1) is 7.89. The van der Waals surface area contributed by atoms with Gasteiger partial charge in [-0.2, -0.15) is 0 Å². The Labute approximate surface area is 105 Å². The van der Waals surface area contributed by atoms with E-state index >= 15 is 0 Å². The number of aliphatic carboxylic acids is 1. The standard InChI is InChI=1S/C14H27NO2/c1-4-10-15-14(11-12(16)17)7-5-6-13(2,3)8-9-14/h15H,4-11H2,1-3H3,(H,16,17). The second-order valence-electron chi connectivity index (χ2n) is 6.30. The number of carbonyl (C=O) groups is 1. The van der Waals surface area contributed by atoms with Crippen LogP contribution < -0.4 is 5.32 Å². The Hall–Kier alpha value is -0.570. The lowest BCUT2D eigenvalue weighted by molar-refractivity contribution is -0.139. The third-order valence-corrected chi connectivity index (χ3v) is 4.03. The molecule has 0 aliphatic heterocycles. The van der Waals surface area contributed by atoms with Crippen molar-refractivity contribution in [2.75, 3.05) is 6.54 Å². The summed E-state index contributed by atoms with van der Waals surface area (Å²) in [6, 6.07) is 0. The van der Waals surface area contributed by atoms with Gasteiger partial charge < -0.3 is 10.4 Å². The molecule has 0 amide bonds. The number of nitrogens with one attached hydrogen (secondary N) is 1. The van der Waals surface area contributed by atoms with Gasteiger partial charge in [0.15, 0.2) is 0 Å². The number of hydrogen-bond acceptors (Lipinski definition) is 2. The number of hydrogen-bond donors (Lipinski definition) is 2. The van der Waals surface area contributed by atoms with Gasteiger partial charge in [0.05, 0.1) is 6.42 Å². The maximum Gasteiger partial charge on any atom is 0.305 e. The molecule has 3 heteroatoms. The highest BCUT2D eigenvalue weighted by Crippen LogP contribution is 2.39. The van der Waals surface area contributed by atoms with Crippen LogP contribution in [0, 0.1) is 5.41 Å². The Morgan fingerprint density at radius 2 is 1.94 bits per heavy atom. The van der Waals surface area contributed by atoms with Crippen molar-refractivity contribution in [3.63, 3.8) is 0 Å². The molecule has 0 aromatic carbocycles. The van der Waals surface area contributed by atoms with Crippen molar-refractivity contribution in [2.24, 2.45) is 5.41 Å². The molecule has 1 fully saturated rings. The highest BCUT2D eigenvalue weighted by molar-refractivity contribution is 5.68. The van der Waals surface area contributed by atoms with Gasteiger partial charge in [0.1, 0.15) is 0 Å². The molecule has 1 aliphatic carbocycles. The molecule has 1 atom stereocenters. The molecule has 0 radical (unpaired) electrons. The van der Waals surface area contributed by atoms with Crippen LogP contribution in [-0.4, -0.2) is 23.2 Å². The lowest BCUT2D eigenvalue weighted by Crippen LogP contribution is -2.47. The summed E-state index contributed by atoms with van der Waals surface area (Å²) >= 11 is 0. The summed E-state index contributed by atoms with van der Waals surface area (Å²) in [5.74, 6) is -0.673. The predicted molar refractivity (Wildman–Crippen MR) is 70.1 cm³/mol. The van der Waals surface area contributed by atoms with E-state index in [9.17, 15) is 4.79 Å². The van der Waals surface area contributed by atoms with E-state index in [4.69, 9.17) is 5.11 Å². The SMILES string of the molecule is CCCNC1(CC(=O)O)CCCC(C)(C)CC1. The molecule has 1 unspecified atom stereocenters. The van der Waals surface area contributed by atoms with E-state index in [-0.39, 0.29) is 12.0 Å². The van der Waals surface area contributed by atoms with Gasteiger partial charge in [0.2, 0.25) is 0 Å². The van der Waals surface area contributed by atoms with E-state index in [1.165, 1.54) is 6.42 Å². The number of carboxylic acids is 1. The van der Waals surface area contributed by atoms with E-state index < -0.39 is 5.97 Å². The van der Waals surface area contributed by atoms with Crippen molar-refractivity contribution in [3.05, 3.63) is 0 Å². The lowest BCUT2D eigenvalue weighted by atomic mass is 9.82. The molecule has 0 bridgehead atoms. The van der Waals surface area contributed by atoms with Crippen LogP contribution in [0.25, 0.3) is 0 Å². The first kappa shape index (κ1) is 14.5. The molecule has 17 heavy (non-hydrogen) atoms. The first-order valence-electron chi connectivity index (χ1n) is 6.86. The largest absolute Gasteiger partial charge is 0.481 e. The number of carboxylic acid groups (broad SMARTS) is 1. The van der Waals surface area contributed by atoms with Crippen LogP contribution in [0.3, 0.4) is 0 Å². The average molecular weight is 241 g/mol. The Morgan fingerprint density at radius 1 is 1.24 bits per heavy atom. The molecule has 0 spiro atoms. The minimum absolute atomic E-state index is 0.157. The first-order valence-corrected chi connectivity index (χ1v) is 6.86. The van der Waals surface area contributed by atoms with Crippen LogP contribution in [-0.2, 0) is 4.79 Å². The monoisotopic (exact) mass is 241 g/mol. The van der Waals surface area contributed by atoms with Gasteiger partial charge in [-0.05, 0) is 44.1 Å². The second-order valence-corrected chi connectivity index (χ2v) is 6.30. The topological polar surface area (TPSA) is 49.3 Å². The second kappa shape index (κ2) is 5.85. The molecule has 100 valence electrons. The summed E-state index contributed by atoms with van der Waals surface area (Å²) < 4.78 is 0. The van der Waals surface area contributed by atoms with Crippen LogP contribution in [0.4, 0.5) is 0 Å². The minimum atomic E-state index is -0.673. The van der Waals surface area contributed by atoms with Crippen LogP contribution in [0.5, 0.6) is 0 Å². The van der Waals surface area contributed by atoms with Crippen molar-refractivity contribution in [1.29, 1.82) is 0 Å². The molecule has 0 aromatic heterocycles. The highest BCUT2D eigenvalue weighted by atomic mass is 16.4. The fourth-order valence-corrected chi connectivity index (χ4v) is 2.83. The molecule has 0 heterocycles. The smallest absolute Gasteiger partial charge is 0.305 e. The van der Waals surface area contributed by atoms with Crippen LogP contribution in [0.15, 0.2) is 0 Å². The molecular formula is C14H27NO2. The predicted octanol–water partition coefficient (Wildman–Crippen LogP) is 3.19. The molecule has 1 saturated carbocycles. The van der Waals surface area contributed by atoms with E-state index in [1.807, 2.05) is 0 Å². The zero-order valence-electron chi connectivity index (χ0n) is 11.5. The molecule has 3 nitrogen and oxygen atoms in total. The fourth-order valence-electron chi connectivity index (χ4n) is 2.83. The lowest BCUT2D eigenvalue weighted by Gasteiger charge is -2.33. The third-order valence-electron chi connectivity index (χ3n) is 4.03. The van der Waals surface area contributed by atoms with Gasteiger partial charge >= 0.3 is 5.97 Å². The van der Waals surface area contributed by atoms with Gasteiger partial charge in [-0.25, -0.2) is 0 Å². The summed E-state index contributed by atoms with van der Waals surface area (Å²) in [6.45, 7) is 7.64. The third kappa shape index (κ3) is 4.66. The molecule has 0 aromatic rings. The normalized spacial score (nSPS) is 28.6. The molecular weight excluding hydrogens is 214 g/mol. The van der Waals surface area contributed by atoms with Crippen molar-refractivity contribution < 1.29 is 9.90 Å². The number of rotatable bonds is 5. The van der Waals surface area contributed by atoms with E-state index in [1.54, 1.807) is 0 Å². The zero-order valence-corrected chi connectivity index (χ0v) is 11.5. The Kier molecular flexibility index (Phi) is 4.99. The summed E-state index contributed by atoms with van der Waals surface area (Å²) in [5.41, 5.74) is 0.212. The quantitative estimate of drug-likeness (QED) is 0.727. The zero-order chi connectivity index (χ0) is 12.9. The Morgan fingerprint density at radius 3 is 2.53 bits per heavy atom. The van der Waals surface area contributed by atoms with Crippen LogP contribution >= 0.6 is 0 Å².